The number of benzene rings is 1. The number of hydrogen-bond donors (Lipinski definition) is 1. The third kappa shape index (κ3) is 3.49. The molecule has 2 aromatic rings. The quantitative estimate of drug-likeness (QED) is 0.617. The van der Waals surface area contributed by atoms with Gasteiger partial charge in [-0.3, -0.25) is 0 Å². The van der Waals surface area contributed by atoms with E-state index in [4.69, 9.17) is 19.9 Å². The van der Waals surface area contributed by atoms with Crippen LogP contribution in [0.1, 0.15) is 12.0 Å². The summed E-state index contributed by atoms with van der Waals surface area (Å²) in [4.78, 5) is 4.11. The van der Waals surface area contributed by atoms with Gasteiger partial charge in [-0.2, -0.15) is 0 Å². The maximum Gasteiger partial charge on any atom is 0.200 e. The summed E-state index contributed by atoms with van der Waals surface area (Å²) in [5.74, 6) is 0.752. The lowest BCUT2D eigenvalue weighted by Gasteiger charge is -2.16. The van der Waals surface area contributed by atoms with Crippen molar-refractivity contribution in [3.63, 3.8) is 0 Å². The molecular weight excluding hydrogens is 258 g/mol. The van der Waals surface area contributed by atoms with Gasteiger partial charge in [0, 0.05) is 26.0 Å². The number of rotatable bonds is 7. The molecule has 0 fully saturated rings. The number of ether oxygens (including phenoxy) is 3. The number of aromatic nitrogens is 2. The second kappa shape index (κ2) is 6.93. The summed E-state index contributed by atoms with van der Waals surface area (Å²) >= 11 is 0. The van der Waals surface area contributed by atoms with Crippen molar-refractivity contribution < 1.29 is 14.2 Å². The molecule has 0 spiro atoms. The third-order valence-electron chi connectivity index (χ3n) is 2.87. The van der Waals surface area contributed by atoms with Gasteiger partial charge in [-0.25, -0.2) is 4.98 Å². The number of nitrogen functional groups attached to an aromatic ring is 1. The second-order valence-electron chi connectivity index (χ2n) is 4.24. The monoisotopic (exact) mass is 277 g/mol. The number of hydrogen-bond acceptors (Lipinski definition) is 5. The van der Waals surface area contributed by atoms with Crippen molar-refractivity contribution in [1.29, 1.82) is 0 Å². The van der Waals surface area contributed by atoms with Crippen LogP contribution in [-0.2, 0) is 16.0 Å². The molecule has 0 saturated heterocycles. The Morgan fingerprint density at radius 1 is 1.30 bits per heavy atom. The first-order chi connectivity index (χ1) is 9.74. The van der Waals surface area contributed by atoms with E-state index in [0.29, 0.717) is 18.8 Å². The number of methoxy groups -OCH3 is 2. The van der Waals surface area contributed by atoms with Crippen LogP contribution >= 0.6 is 0 Å². The van der Waals surface area contributed by atoms with Crippen molar-refractivity contribution in [2.45, 2.75) is 12.8 Å². The number of nitrogens with two attached hydrogens (primary N) is 1. The smallest absolute Gasteiger partial charge is 0.200 e. The lowest BCUT2D eigenvalue weighted by Crippen LogP contribution is -2.14. The van der Waals surface area contributed by atoms with Gasteiger partial charge in [-0.15, -0.1) is 0 Å². The molecule has 108 valence electrons. The van der Waals surface area contributed by atoms with Gasteiger partial charge < -0.3 is 24.5 Å². The molecule has 0 atom stereocenters. The van der Waals surface area contributed by atoms with E-state index >= 15 is 0 Å². The maximum absolute atomic E-state index is 5.70. The molecule has 0 aliphatic heterocycles. The van der Waals surface area contributed by atoms with Crippen molar-refractivity contribution in [1.82, 2.24) is 9.55 Å². The lowest BCUT2D eigenvalue weighted by atomic mass is 10.3. The molecule has 2 N–H and O–H groups in total. The molecule has 0 radical (unpaired) electrons. The van der Waals surface area contributed by atoms with Gasteiger partial charge in [0.05, 0.1) is 24.8 Å². The first-order valence-electron chi connectivity index (χ1n) is 6.28. The Morgan fingerprint density at radius 3 is 2.80 bits per heavy atom. The van der Waals surface area contributed by atoms with E-state index in [1.165, 1.54) is 0 Å². The van der Waals surface area contributed by atoms with Gasteiger partial charge in [0.1, 0.15) is 12.4 Å². The fourth-order valence-corrected chi connectivity index (χ4v) is 1.92. The van der Waals surface area contributed by atoms with Crippen LogP contribution in [0, 0.1) is 0 Å². The molecule has 0 aliphatic carbocycles. The van der Waals surface area contributed by atoms with Gasteiger partial charge in [0.15, 0.2) is 6.29 Å². The summed E-state index contributed by atoms with van der Waals surface area (Å²) in [5.41, 5.74) is 7.23. The first kappa shape index (κ1) is 14.4. The summed E-state index contributed by atoms with van der Waals surface area (Å²) < 4.78 is 18.0. The summed E-state index contributed by atoms with van der Waals surface area (Å²) in [6, 6.07) is 7.35. The molecule has 6 heteroatoms. The van der Waals surface area contributed by atoms with E-state index in [0.717, 1.165) is 11.4 Å². The third-order valence-corrected chi connectivity index (χ3v) is 2.87. The minimum absolute atomic E-state index is 0.426. The zero-order valence-electron chi connectivity index (χ0n) is 11.7. The Labute approximate surface area is 118 Å². The summed E-state index contributed by atoms with van der Waals surface area (Å²) in [5, 5.41) is 0. The number of anilines is 1. The van der Waals surface area contributed by atoms with Gasteiger partial charge in [0.25, 0.3) is 0 Å². The van der Waals surface area contributed by atoms with Gasteiger partial charge in [0.2, 0.25) is 0 Å². The molecule has 0 aliphatic rings. The summed E-state index contributed by atoms with van der Waals surface area (Å²) in [6.07, 6.45) is 3.02. The van der Waals surface area contributed by atoms with Crippen LogP contribution in [0.15, 0.2) is 36.8 Å². The molecule has 6 nitrogen and oxygen atoms in total. The molecule has 2 rings (SSSR count). The van der Waals surface area contributed by atoms with Crippen LogP contribution in [0.3, 0.4) is 0 Å². The summed E-state index contributed by atoms with van der Waals surface area (Å²) in [6.45, 7) is 1.15. The van der Waals surface area contributed by atoms with E-state index in [-0.39, 0.29) is 0 Å². The van der Waals surface area contributed by atoms with E-state index in [1.807, 2.05) is 22.8 Å². The maximum atomic E-state index is 5.70. The number of imidazole rings is 1. The van der Waals surface area contributed by atoms with E-state index in [1.54, 1.807) is 32.8 Å². The molecule has 0 amide bonds. The lowest BCUT2D eigenvalue weighted by molar-refractivity contribution is -0.110. The van der Waals surface area contributed by atoms with E-state index in [2.05, 4.69) is 4.98 Å². The average molecular weight is 277 g/mol. The molecule has 20 heavy (non-hydrogen) atoms. The molecule has 1 aromatic carbocycles. The molecule has 1 heterocycles. The van der Waals surface area contributed by atoms with Crippen LogP contribution in [-0.4, -0.2) is 30.4 Å². The predicted molar refractivity (Wildman–Crippen MR) is 75.3 cm³/mol. The van der Waals surface area contributed by atoms with Crippen LogP contribution < -0.4 is 10.5 Å². The van der Waals surface area contributed by atoms with Crippen LogP contribution in [0.4, 0.5) is 5.69 Å². The van der Waals surface area contributed by atoms with Crippen molar-refractivity contribution in [3.05, 3.63) is 42.5 Å². The SMILES string of the molecule is COC(OC)c1cncn1CCOc1cccc(N)c1. The molecule has 1 aromatic heterocycles. The first-order valence-corrected chi connectivity index (χ1v) is 6.28. The zero-order chi connectivity index (χ0) is 14.4. The van der Waals surface area contributed by atoms with Crippen molar-refractivity contribution in [2.24, 2.45) is 0 Å². The van der Waals surface area contributed by atoms with Crippen molar-refractivity contribution in [2.75, 3.05) is 26.6 Å². The zero-order valence-corrected chi connectivity index (χ0v) is 11.7. The highest BCUT2D eigenvalue weighted by Crippen LogP contribution is 2.17. The predicted octanol–water partition coefficient (Wildman–Crippen LogP) is 1.84. The largest absolute Gasteiger partial charge is 0.492 e. The van der Waals surface area contributed by atoms with Crippen LogP contribution in [0.2, 0.25) is 0 Å². The Bertz CT molecular complexity index is 538. The van der Waals surface area contributed by atoms with Gasteiger partial charge >= 0.3 is 0 Å². The van der Waals surface area contributed by atoms with Crippen molar-refractivity contribution in [3.8, 4) is 5.75 Å². The van der Waals surface area contributed by atoms with Gasteiger partial charge in [-0.1, -0.05) is 6.07 Å². The van der Waals surface area contributed by atoms with Crippen molar-refractivity contribution >= 4 is 5.69 Å². The number of nitrogens with zero attached hydrogens (tertiary/aromatic N) is 2. The van der Waals surface area contributed by atoms with Crippen LogP contribution in [0.25, 0.3) is 0 Å². The topological polar surface area (TPSA) is 71.5 Å². The minimum Gasteiger partial charge on any atom is -0.492 e. The average Bonchev–Trinajstić information content (AvgIpc) is 2.89. The standard InChI is InChI=1S/C14H19N3O3/c1-18-14(19-2)13-9-16-10-17(13)6-7-20-12-5-3-4-11(15)8-12/h3-5,8-10,14H,6-7,15H2,1-2H3. The molecule has 0 unspecified atom stereocenters. The highest BCUT2D eigenvalue weighted by atomic mass is 16.7. The molecule has 0 bridgehead atoms. The Morgan fingerprint density at radius 2 is 2.10 bits per heavy atom. The Hall–Kier alpha value is -2.05. The highest BCUT2D eigenvalue weighted by molar-refractivity contribution is 5.43. The summed E-state index contributed by atoms with van der Waals surface area (Å²) in [7, 11) is 3.18. The minimum atomic E-state index is -0.426. The fourth-order valence-electron chi connectivity index (χ4n) is 1.92. The fraction of sp³-hybridized carbons (Fsp3) is 0.357. The van der Waals surface area contributed by atoms with Gasteiger partial charge in [-0.05, 0) is 12.1 Å². The van der Waals surface area contributed by atoms with E-state index in [9.17, 15) is 0 Å². The molecule has 0 saturated carbocycles. The normalized spacial score (nSPS) is 10.9. The molecular formula is C14H19N3O3. The Kier molecular flexibility index (Phi) is 4.97. The van der Waals surface area contributed by atoms with Crippen LogP contribution in [0.5, 0.6) is 5.75 Å². The highest BCUT2D eigenvalue weighted by Gasteiger charge is 2.14. The second-order valence-corrected chi connectivity index (χ2v) is 4.24. The van der Waals surface area contributed by atoms with E-state index < -0.39 is 6.29 Å². The Balaban J connectivity index is 1.93.